The van der Waals surface area contributed by atoms with E-state index < -0.39 is 0 Å². The first-order chi connectivity index (χ1) is 9.07. The van der Waals surface area contributed by atoms with Crippen molar-refractivity contribution in [3.05, 3.63) is 72.0 Å². The van der Waals surface area contributed by atoms with Gasteiger partial charge in [-0.05, 0) is 31.9 Å². The van der Waals surface area contributed by atoms with Crippen LogP contribution in [0.4, 0.5) is 0 Å². The minimum absolute atomic E-state index is 0.131. The van der Waals surface area contributed by atoms with Gasteiger partial charge in [-0.3, -0.25) is 0 Å². The van der Waals surface area contributed by atoms with Crippen LogP contribution >= 0.6 is 0 Å². The molecule has 0 unspecified atom stereocenters. The fraction of sp³-hybridized carbons (Fsp3) is 0.333. The molecule has 1 nitrogen and oxygen atoms in total. The van der Waals surface area contributed by atoms with Gasteiger partial charge in [0.05, 0.1) is 6.04 Å². The van der Waals surface area contributed by atoms with Gasteiger partial charge in [0.25, 0.3) is 0 Å². The number of fused-ring (bicyclic) bond motifs is 1. The van der Waals surface area contributed by atoms with Crippen LogP contribution in [0.2, 0.25) is 0 Å². The predicted octanol–water partition coefficient (Wildman–Crippen LogP) is 4.47. The van der Waals surface area contributed by atoms with E-state index in [1.54, 1.807) is 0 Å². The summed E-state index contributed by atoms with van der Waals surface area (Å²) in [6.07, 6.45) is 11.2. The maximum absolute atomic E-state index is 2.50. The third-order valence-corrected chi connectivity index (χ3v) is 3.95. The summed E-state index contributed by atoms with van der Waals surface area (Å²) >= 11 is 0. The average Bonchev–Trinajstić information content (AvgIpc) is 2.79. The van der Waals surface area contributed by atoms with Crippen molar-refractivity contribution in [3.63, 3.8) is 0 Å². The summed E-state index contributed by atoms with van der Waals surface area (Å²) in [5, 5.41) is 0. The minimum Gasteiger partial charge on any atom is -0.364 e. The molecular weight excluding hydrogens is 230 g/mol. The molecule has 3 rings (SSSR count). The Balaban J connectivity index is 2.05. The van der Waals surface area contributed by atoms with E-state index in [-0.39, 0.29) is 5.54 Å². The van der Waals surface area contributed by atoms with Crippen LogP contribution in [0.1, 0.15) is 32.4 Å². The number of hydrogen-bond acceptors (Lipinski definition) is 1. The van der Waals surface area contributed by atoms with Crippen LogP contribution < -0.4 is 0 Å². The van der Waals surface area contributed by atoms with E-state index in [0.29, 0.717) is 12.0 Å². The third kappa shape index (κ3) is 2.14. The van der Waals surface area contributed by atoms with Gasteiger partial charge in [-0.15, -0.1) is 0 Å². The summed E-state index contributed by atoms with van der Waals surface area (Å²) in [6, 6.07) is 11.3. The quantitative estimate of drug-likeness (QED) is 0.712. The summed E-state index contributed by atoms with van der Waals surface area (Å²) in [5.74, 6) is 0.478. The molecule has 0 bridgehead atoms. The van der Waals surface area contributed by atoms with Crippen molar-refractivity contribution >= 4 is 0 Å². The molecule has 19 heavy (non-hydrogen) atoms. The number of nitrogens with zero attached hydrogens (tertiary/aromatic N) is 1. The molecule has 2 atom stereocenters. The van der Waals surface area contributed by atoms with E-state index in [1.807, 2.05) is 0 Å². The molecule has 0 amide bonds. The van der Waals surface area contributed by atoms with Gasteiger partial charge >= 0.3 is 0 Å². The van der Waals surface area contributed by atoms with Crippen LogP contribution in [0.15, 0.2) is 66.4 Å². The van der Waals surface area contributed by atoms with Crippen LogP contribution in [-0.4, -0.2) is 10.4 Å². The van der Waals surface area contributed by atoms with E-state index in [9.17, 15) is 0 Å². The first-order valence-corrected chi connectivity index (χ1v) is 6.97. The second-order valence-corrected chi connectivity index (χ2v) is 6.33. The first-order valence-electron chi connectivity index (χ1n) is 6.97. The van der Waals surface area contributed by atoms with Gasteiger partial charge in [0.15, 0.2) is 0 Å². The molecule has 0 aromatic heterocycles. The van der Waals surface area contributed by atoms with Gasteiger partial charge in [-0.2, -0.15) is 0 Å². The van der Waals surface area contributed by atoms with E-state index in [4.69, 9.17) is 0 Å². The largest absolute Gasteiger partial charge is 0.364 e. The Morgan fingerprint density at radius 2 is 1.74 bits per heavy atom. The lowest BCUT2D eigenvalue weighted by Crippen LogP contribution is -2.39. The molecule has 1 heterocycles. The maximum Gasteiger partial charge on any atom is 0.0646 e. The van der Waals surface area contributed by atoms with Crippen molar-refractivity contribution in [2.24, 2.45) is 5.92 Å². The Morgan fingerprint density at radius 3 is 2.42 bits per heavy atom. The highest BCUT2D eigenvalue weighted by Crippen LogP contribution is 2.45. The van der Waals surface area contributed by atoms with Crippen LogP contribution in [0.3, 0.4) is 0 Å². The molecule has 1 heteroatoms. The number of allylic oxidation sites excluding steroid dienone is 3. The van der Waals surface area contributed by atoms with Gasteiger partial charge in [0.1, 0.15) is 0 Å². The monoisotopic (exact) mass is 251 g/mol. The number of rotatable bonds is 1. The van der Waals surface area contributed by atoms with Crippen molar-refractivity contribution in [2.75, 3.05) is 0 Å². The maximum atomic E-state index is 2.50. The molecule has 1 aliphatic heterocycles. The van der Waals surface area contributed by atoms with Crippen LogP contribution in [0, 0.1) is 5.92 Å². The summed E-state index contributed by atoms with van der Waals surface area (Å²) in [5.41, 5.74) is 2.95. The molecule has 1 aliphatic carbocycles. The molecule has 0 fully saturated rings. The smallest absolute Gasteiger partial charge is 0.0646 e. The standard InChI is InChI=1S/C18H21N/c1-18(2,3)19-13-15-11-7-8-12-16(15)17(19)14-9-5-4-6-10-14/h4-13,16-17H,1-3H3/t16-,17+/m0/s1. The highest BCUT2D eigenvalue weighted by Gasteiger charge is 2.39. The highest BCUT2D eigenvalue weighted by molar-refractivity contribution is 5.41. The SMILES string of the molecule is CC(C)(C)N1C=C2C=CC=C[C@@H]2[C@H]1c1ccccc1. The second-order valence-electron chi connectivity index (χ2n) is 6.33. The Hall–Kier alpha value is -1.76. The molecule has 2 aliphatic rings. The third-order valence-electron chi connectivity index (χ3n) is 3.95. The fourth-order valence-corrected chi connectivity index (χ4v) is 3.03. The van der Waals surface area contributed by atoms with Crippen molar-refractivity contribution in [1.82, 2.24) is 4.90 Å². The Kier molecular flexibility index (Phi) is 2.85. The van der Waals surface area contributed by atoms with E-state index in [2.05, 4.69) is 86.5 Å². The Morgan fingerprint density at radius 1 is 1.00 bits per heavy atom. The van der Waals surface area contributed by atoms with Crippen molar-refractivity contribution < 1.29 is 0 Å². The first kappa shape index (κ1) is 12.3. The molecule has 0 spiro atoms. The summed E-state index contributed by atoms with van der Waals surface area (Å²) in [7, 11) is 0. The molecule has 0 saturated carbocycles. The van der Waals surface area contributed by atoms with Gasteiger partial charge in [0.2, 0.25) is 0 Å². The summed E-state index contributed by atoms with van der Waals surface area (Å²) in [6.45, 7) is 6.85. The fourth-order valence-electron chi connectivity index (χ4n) is 3.03. The number of hydrogen-bond donors (Lipinski definition) is 0. The lowest BCUT2D eigenvalue weighted by molar-refractivity contribution is 0.147. The predicted molar refractivity (Wildman–Crippen MR) is 80.6 cm³/mol. The van der Waals surface area contributed by atoms with Crippen LogP contribution in [-0.2, 0) is 0 Å². The van der Waals surface area contributed by atoms with E-state index >= 15 is 0 Å². The normalized spacial score (nSPS) is 25.4. The van der Waals surface area contributed by atoms with E-state index in [1.165, 1.54) is 11.1 Å². The Bertz CT molecular complexity index is 543. The molecule has 1 aromatic carbocycles. The van der Waals surface area contributed by atoms with Crippen molar-refractivity contribution in [3.8, 4) is 0 Å². The highest BCUT2D eigenvalue weighted by atomic mass is 15.2. The van der Waals surface area contributed by atoms with Crippen LogP contribution in [0.5, 0.6) is 0 Å². The second kappa shape index (κ2) is 4.41. The van der Waals surface area contributed by atoms with E-state index in [0.717, 1.165) is 0 Å². The molecule has 0 radical (unpaired) electrons. The zero-order chi connectivity index (χ0) is 13.5. The molecule has 0 saturated heterocycles. The molecule has 0 N–H and O–H groups in total. The van der Waals surface area contributed by atoms with Gasteiger partial charge in [-0.25, -0.2) is 0 Å². The lowest BCUT2D eigenvalue weighted by atomic mass is 9.86. The summed E-state index contributed by atoms with van der Waals surface area (Å²) in [4.78, 5) is 2.50. The van der Waals surface area contributed by atoms with Crippen molar-refractivity contribution in [2.45, 2.75) is 32.4 Å². The lowest BCUT2D eigenvalue weighted by Gasteiger charge is -2.39. The van der Waals surface area contributed by atoms with Crippen molar-refractivity contribution in [1.29, 1.82) is 0 Å². The topological polar surface area (TPSA) is 3.24 Å². The van der Waals surface area contributed by atoms with Gasteiger partial charge in [-0.1, -0.05) is 54.6 Å². The minimum atomic E-state index is 0.131. The Labute approximate surface area is 115 Å². The van der Waals surface area contributed by atoms with Gasteiger partial charge < -0.3 is 4.90 Å². The average molecular weight is 251 g/mol. The molecule has 98 valence electrons. The summed E-state index contributed by atoms with van der Waals surface area (Å²) < 4.78 is 0. The van der Waals surface area contributed by atoms with Gasteiger partial charge in [0, 0.05) is 17.7 Å². The molecular formula is C18H21N. The zero-order valence-electron chi connectivity index (χ0n) is 11.9. The zero-order valence-corrected chi connectivity index (χ0v) is 11.9. The number of benzene rings is 1. The van der Waals surface area contributed by atoms with Crippen LogP contribution in [0.25, 0.3) is 0 Å². The molecule has 1 aromatic rings.